The summed E-state index contributed by atoms with van der Waals surface area (Å²) in [5, 5.41) is 13.4. The van der Waals surface area contributed by atoms with E-state index in [-0.39, 0.29) is 23.9 Å². The fourth-order valence-electron chi connectivity index (χ4n) is 6.32. The maximum absolute atomic E-state index is 13.1. The number of rotatable bonds is 6. The first-order valence-electron chi connectivity index (χ1n) is 14.0. The molecule has 0 saturated carbocycles. The molecule has 4 N–H and O–H groups in total. The number of hydrogen-bond acceptors (Lipinski definition) is 9. The third kappa shape index (κ3) is 5.97. The molecule has 6 atom stereocenters. The zero-order valence-electron chi connectivity index (χ0n) is 22.5. The van der Waals surface area contributed by atoms with Gasteiger partial charge >= 0.3 is 6.18 Å². The van der Waals surface area contributed by atoms with E-state index in [2.05, 4.69) is 30.8 Å². The summed E-state index contributed by atoms with van der Waals surface area (Å²) < 4.78 is 44.9. The van der Waals surface area contributed by atoms with Gasteiger partial charge in [-0.1, -0.05) is 24.0 Å². The molecule has 12 heteroatoms. The largest absolute Gasteiger partial charge is 0.416 e. The number of aliphatic hydroxyl groups excluding tert-OH is 1. The highest BCUT2D eigenvalue weighted by atomic mass is 19.4. The molecule has 0 amide bonds. The van der Waals surface area contributed by atoms with Gasteiger partial charge in [-0.05, 0) is 49.3 Å². The Hall–Kier alpha value is -3.44. The molecule has 6 unspecified atom stereocenters. The molecule has 218 valence electrons. The van der Waals surface area contributed by atoms with Gasteiger partial charge in [0.1, 0.15) is 30.1 Å². The lowest BCUT2D eigenvalue weighted by molar-refractivity contribution is -0.137. The van der Waals surface area contributed by atoms with Crippen LogP contribution >= 0.6 is 0 Å². The SMILES string of the molecule is NC1=NC=C=CN2C(CC3CCC4COCCN4C3)N=C(C3=CCC(C(O)Nc4cc(C(F)(F)F)ccn4)C=C3)C12. The van der Waals surface area contributed by atoms with Gasteiger partial charge in [0.15, 0.2) is 0 Å². The molecule has 6 rings (SSSR count). The number of anilines is 1. The summed E-state index contributed by atoms with van der Waals surface area (Å²) in [7, 11) is 0. The summed E-state index contributed by atoms with van der Waals surface area (Å²) in [6.45, 7) is 3.60. The number of aliphatic hydroxyl groups is 1. The smallest absolute Gasteiger partial charge is 0.385 e. The standard InChI is InChI=1S/C29H34F3N7O2/c30-29(31,32)21-8-10-34-23(15-21)36-28(40)20-5-3-19(4-6-20)25-26-27(33)35-9-1-11-39(26)24(37-25)14-18-2-7-22-17-41-13-12-38(22)16-18/h3-5,8-11,15,18,20,22,24,26,28,40H,2,6-7,12-14,16-17H2,(H2,33,35)(H,34,36). The number of nitrogens with zero attached hydrogens (tertiary/aromatic N) is 5. The third-order valence-corrected chi connectivity index (χ3v) is 8.49. The Bertz CT molecular complexity index is 1330. The van der Waals surface area contributed by atoms with Crippen LogP contribution in [0.15, 0.2) is 70.2 Å². The summed E-state index contributed by atoms with van der Waals surface area (Å²) in [4.78, 5) is 18.1. The van der Waals surface area contributed by atoms with Crippen LogP contribution in [0.25, 0.3) is 0 Å². The van der Waals surface area contributed by atoms with Gasteiger partial charge in [0.25, 0.3) is 0 Å². The second kappa shape index (κ2) is 11.4. The van der Waals surface area contributed by atoms with E-state index in [1.54, 1.807) is 6.20 Å². The van der Waals surface area contributed by atoms with E-state index < -0.39 is 18.0 Å². The quantitative estimate of drug-likeness (QED) is 0.356. The zero-order chi connectivity index (χ0) is 28.6. The molecule has 9 nitrogen and oxygen atoms in total. The van der Waals surface area contributed by atoms with Gasteiger partial charge in [0.05, 0.1) is 30.7 Å². The molecular formula is C29H34F3N7O2. The predicted molar refractivity (Wildman–Crippen MR) is 149 cm³/mol. The van der Waals surface area contributed by atoms with Crippen molar-refractivity contribution in [1.29, 1.82) is 0 Å². The number of piperidine rings is 1. The normalized spacial score (nSPS) is 30.6. The molecule has 5 aliphatic rings. The zero-order valence-corrected chi connectivity index (χ0v) is 22.5. The number of fused-ring (bicyclic) bond motifs is 2. The van der Waals surface area contributed by atoms with Crippen LogP contribution in [0, 0.1) is 11.8 Å². The van der Waals surface area contributed by atoms with Crippen LogP contribution in [0.3, 0.4) is 0 Å². The average molecular weight is 570 g/mol. The summed E-state index contributed by atoms with van der Waals surface area (Å²) in [5.41, 5.74) is 10.4. The van der Waals surface area contributed by atoms with Gasteiger partial charge in [0.2, 0.25) is 0 Å². The van der Waals surface area contributed by atoms with Crippen molar-refractivity contribution < 1.29 is 23.0 Å². The second-order valence-electron chi connectivity index (χ2n) is 11.2. The van der Waals surface area contributed by atoms with E-state index in [4.69, 9.17) is 15.5 Å². The molecule has 41 heavy (non-hydrogen) atoms. The number of hydrogen-bond donors (Lipinski definition) is 3. The number of aliphatic imine (C=N–C) groups is 2. The van der Waals surface area contributed by atoms with Crippen LogP contribution < -0.4 is 11.1 Å². The summed E-state index contributed by atoms with van der Waals surface area (Å²) in [6.07, 6.45) is 8.16. The van der Waals surface area contributed by atoms with Crippen LogP contribution in [-0.2, 0) is 10.9 Å². The lowest BCUT2D eigenvalue weighted by Crippen LogP contribution is -2.51. The minimum atomic E-state index is -4.49. The summed E-state index contributed by atoms with van der Waals surface area (Å²) >= 11 is 0. The number of halogens is 3. The second-order valence-corrected chi connectivity index (χ2v) is 11.2. The van der Waals surface area contributed by atoms with Gasteiger partial charge in [-0.3, -0.25) is 9.89 Å². The summed E-state index contributed by atoms with van der Waals surface area (Å²) in [5.74, 6) is 0.539. The number of pyridine rings is 1. The Morgan fingerprint density at radius 3 is 2.98 bits per heavy atom. The molecule has 0 radical (unpaired) electrons. The van der Waals surface area contributed by atoms with Crippen molar-refractivity contribution in [2.75, 3.05) is 31.6 Å². The van der Waals surface area contributed by atoms with E-state index in [9.17, 15) is 18.3 Å². The number of alkyl halides is 3. The molecule has 2 fully saturated rings. The van der Waals surface area contributed by atoms with Crippen molar-refractivity contribution in [3.8, 4) is 0 Å². The van der Waals surface area contributed by atoms with Crippen molar-refractivity contribution in [3.05, 3.63) is 65.8 Å². The number of morpholine rings is 1. The molecule has 1 aliphatic carbocycles. The van der Waals surface area contributed by atoms with Crippen LogP contribution in [0.5, 0.6) is 0 Å². The molecule has 0 bridgehead atoms. The monoisotopic (exact) mass is 569 g/mol. The first-order chi connectivity index (χ1) is 19.8. The number of nitrogens with one attached hydrogen (secondary N) is 1. The Labute approximate surface area is 236 Å². The van der Waals surface area contributed by atoms with Crippen molar-refractivity contribution in [2.24, 2.45) is 27.6 Å². The van der Waals surface area contributed by atoms with E-state index in [1.165, 1.54) is 0 Å². The highest BCUT2D eigenvalue weighted by molar-refractivity contribution is 6.19. The first-order valence-corrected chi connectivity index (χ1v) is 14.0. The van der Waals surface area contributed by atoms with Crippen molar-refractivity contribution in [2.45, 2.75) is 56.3 Å². The fourth-order valence-corrected chi connectivity index (χ4v) is 6.32. The topological polar surface area (TPSA) is 112 Å². The van der Waals surface area contributed by atoms with Crippen molar-refractivity contribution in [3.63, 3.8) is 0 Å². The molecule has 4 aliphatic heterocycles. The summed E-state index contributed by atoms with van der Waals surface area (Å²) in [6, 6.07) is 1.97. The minimum Gasteiger partial charge on any atom is -0.385 e. The Morgan fingerprint density at radius 2 is 2.17 bits per heavy atom. The van der Waals surface area contributed by atoms with E-state index in [0.29, 0.717) is 24.2 Å². The number of aromatic nitrogens is 1. The van der Waals surface area contributed by atoms with E-state index in [1.807, 2.05) is 24.4 Å². The van der Waals surface area contributed by atoms with Crippen LogP contribution in [-0.4, -0.2) is 82.2 Å². The van der Waals surface area contributed by atoms with Crippen LogP contribution in [0.2, 0.25) is 0 Å². The number of amidine groups is 1. The highest BCUT2D eigenvalue weighted by Gasteiger charge is 2.41. The molecule has 1 aromatic heterocycles. The van der Waals surface area contributed by atoms with E-state index >= 15 is 0 Å². The van der Waals surface area contributed by atoms with Gasteiger partial charge < -0.3 is 25.8 Å². The van der Waals surface area contributed by atoms with Crippen molar-refractivity contribution >= 4 is 17.4 Å². The van der Waals surface area contributed by atoms with Gasteiger partial charge in [-0.25, -0.2) is 9.98 Å². The number of nitrogens with two attached hydrogens (primary N) is 1. The molecule has 1 aromatic rings. The maximum Gasteiger partial charge on any atom is 0.416 e. The van der Waals surface area contributed by atoms with E-state index in [0.717, 1.165) is 75.2 Å². The predicted octanol–water partition coefficient (Wildman–Crippen LogP) is 3.28. The number of ether oxygens (including phenoxy) is 1. The lowest BCUT2D eigenvalue weighted by Gasteiger charge is -2.43. The van der Waals surface area contributed by atoms with Crippen LogP contribution in [0.4, 0.5) is 19.0 Å². The first kappa shape index (κ1) is 27.7. The van der Waals surface area contributed by atoms with Gasteiger partial charge in [-0.15, -0.1) is 0 Å². The molecule has 2 saturated heterocycles. The Kier molecular flexibility index (Phi) is 7.74. The molecule has 0 aromatic carbocycles. The fraction of sp³-hybridized carbons (Fsp3) is 0.517. The highest BCUT2D eigenvalue weighted by Crippen LogP contribution is 2.35. The average Bonchev–Trinajstić information content (AvgIpc) is 3.21. The minimum absolute atomic E-state index is 0.0398. The lowest BCUT2D eigenvalue weighted by atomic mass is 9.89. The Balaban J connectivity index is 1.15. The molecule has 5 heterocycles. The molecular weight excluding hydrogens is 535 g/mol. The maximum atomic E-state index is 13.1. The Morgan fingerprint density at radius 1 is 1.29 bits per heavy atom. The molecule has 0 spiro atoms. The van der Waals surface area contributed by atoms with Crippen molar-refractivity contribution in [1.82, 2.24) is 14.8 Å². The van der Waals surface area contributed by atoms with Gasteiger partial charge in [-0.2, -0.15) is 13.2 Å². The van der Waals surface area contributed by atoms with Gasteiger partial charge in [0, 0.05) is 37.4 Å². The number of allylic oxidation sites excluding steroid dienone is 2. The van der Waals surface area contributed by atoms with Crippen LogP contribution in [0.1, 0.15) is 31.2 Å². The third-order valence-electron chi connectivity index (χ3n) is 8.49.